The number of benzene rings is 2. The van der Waals surface area contributed by atoms with Gasteiger partial charge in [0, 0.05) is 24.7 Å². The van der Waals surface area contributed by atoms with Crippen LogP contribution in [0.5, 0.6) is 0 Å². The molecular formula is C22H23F3N4O3S. The molecule has 0 amide bonds. The molecule has 0 saturated carbocycles. The quantitative estimate of drug-likeness (QED) is 0.279. The summed E-state index contributed by atoms with van der Waals surface area (Å²) in [4.78, 5) is 6.12. The number of alkyl halides is 3. The van der Waals surface area contributed by atoms with Gasteiger partial charge < -0.3 is 4.90 Å². The Bertz CT molecular complexity index is 1230. The first kappa shape index (κ1) is 24.5. The predicted octanol–water partition coefficient (Wildman–Crippen LogP) is 4.33. The highest BCUT2D eigenvalue weighted by Gasteiger charge is 2.30. The largest absolute Gasteiger partial charge is 0.413 e. The lowest BCUT2D eigenvalue weighted by molar-refractivity contribution is -0.152. The van der Waals surface area contributed by atoms with E-state index < -0.39 is 28.7 Å². The highest BCUT2D eigenvalue weighted by atomic mass is 32.2. The van der Waals surface area contributed by atoms with Crippen molar-refractivity contribution in [3.05, 3.63) is 65.7 Å². The van der Waals surface area contributed by atoms with E-state index in [1.54, 1.807) is 42.4 Å². The fourth-order valence-electron chi connectivity index (χ4n) is 2.99. The zero-order chi connectivity index (χ0) is 24.1. The lowest BCUT2D eigenvalue weighted by atomic mass is 10.1. The van der Waals surface area contributed by atoms with Crippen molar-refractivity contribution in [2.45, 2.75) is 13.1 Å². The second-order valence-electron chi connectivity index (χ2n) is 7.36. The zero-order valence-electron chi connectivity index (χ0n) is 18.0. The van der Waals surface area contributed by atoms with Crippen LogP contribution in [0, 0.1) is 6.92 Å². The number of para-hydroxylation sites is 1. The Labute approximate surface area is 190 Å². The van der Waals surface area contributed by atoms with E-state index in [1.807, 2.05) is 37.3 Å². The molecule has 0 saturated heterocycles. The number of pyridine rings is 1. The number of anilines is 2. The first-order chi connectivity index (χ1) is 15.5. The summed E-state index contributed by atoms with van der Waals surface area (Å²) in [7, 11) is -2.64. The van der Waals surface area contributed by atoms with E-state index in [-0.39, 0.29) is 6.54 Å². The molecule has 0 radical (unpaired) electrons. The third kappa shape index (κ3) is 7.43. The lowest BCUT2D eigenvalue weighted by Crippen LogP contribution is -2.28. The van der Waals surface area contributed by atoms with Crippen molar-refractivity contribution in [2.24, 2.45) is 5.10 Å². The highest BCUT2D eigenvalue weighted by molar-refractivity contribution is 7.86. The molecule has 0 unspecified atom stereocenters. The van der Waals surface area contributed by atoms with Crippen LogP contribution in [0.2, 0.25) is 0 Å². The van der Waals surface area contributed by atoms with Gasteiger partial charge in [-0.05, 0) is 42.3 Å². The van der Waals surface area contributed by atoms with Gasteiger partial charge in [-0.1, -0.05) is 30.3 Å². The van der Waals surface area contributed by atoms with E-state index in [1.165, 1.54) is 0 Å². The maximum atomic E-state index is 12.1. The van der Waals surface area contributed by atoms with Crippen molar-refractivity contribution in [3.8, 4) is 0 Å². The number of nitrogens with zero attached hydrogens (tertiary/aromatic N) is 3. The molecule has 33 heavy (non-hydrogen) atoms. The van der Waals surface area contributed by atoms with Gasteiger partial charge in [-0.15, -0.1) is 0 Å². The van der Waals surface area contributed by atoms with Crippen LogP contribution in [-0.4, -0.2) is 51.7 Å². The lowest BCUT2D eigenvalue weighted by Gasteiger charge is -2.19. The SMILES string of the molecule is Cc1cc(N/N=C\c2ccc(N(C)CCS(=O)(=O)OCC(F)(F)F)cc2)nc2ccccc12. The monoisotopic (exact) mass is 480 g/mol. The maximum absolute atomic E-state index is 12.1. The Morgan fingerprint density at radius 2 is 1.85 bits per heavy atom. The van der Waals surface area contributed by atoms with Crippen LogP contribution in [0.1, 0.15) is 11.1 Å². The third-order valence-corrected chi connectivity index (χ3v) is 5.89. The second kappa shape index (κ2) is 10.2. The summed E-state index contributed by atoms with van der Waals surface area (Å²) >= 11 is 0. The molecule has 11 heteroatoms. The minimum Gasteiger partial charge on any atom is -0.373 e. The van der Waals surface area contributed by atoms with Gasteiger partial charge in [-0.2, -0.15) is 26.7 Å². The Kier molecular flexibility index (Phi) is 7.54. The van der Waals surface area contributed by atoms with Crippen molar-refractivity contribution in [1.82, 2.24) is 4.98 Å². The van der Waals surface area contributed by atoms with Crippen molar-refractivity contribution in [3.63, 3.8) is 0 Å². The van der Waals surface area contributed by atoms with Gasteiger partial charge in [0.05, 0.1) is 17.5 Å². The van der Waals surface area contributed by atoms with Crippen molar-refractivity contribution < 1.29 is 25.8 Å². The van der Waals surface area contributed by atoms with Gasteiger partial charge in [0.1, 0.15) is 5.82 Å². The average molecular weight is 481 g/mol. The fourth-order valence-corrected chi connectivity index (χ4v) is 3.92. The number of hydrogen-bond donors (Lipinski definition) is 1. The molecule has 0 aliphatic rings. The Balaban J connectivity index is 1.55. The van der Waals surface area contributed by atoms with Crippen molar-refractivity contribution >= 4 is 38.7 Å². The Hall–Kier alpha value is -3.18. The molecule has 0 aliphatic carbocycles. The number of rotatable bonds is 9. The molecule has 0 bridgehead atoms. The number of aromatic nitrogens is 1. The molecule has 0 spiro atoms. The summed E-state index contributed by atoms with van der Waals surface area (Å²) in [5.41, 5.74) is 6.34. The van der Waals surface area contributed by atoms with E-state index >= 15 is 0 Å². The van der Waals surface area contributed by atoms with Crippen LogP contribution in [0.15, 0.2) is 59.7 Å². The van der Waals surface area contributed by atoms with Crippen LogP contribution in [0.25, 0.3) is 10.9 Å². The number of hydrazone groups is 1. The van der Waals surface area contributed by atoms with Crippen LogP contribution in [0.3, 0.4) is 0 Å². The van der Waals surface area contributed by atoms with E-state index in [9.17, 15) is 21.6 Å². The first-order valence-electron chi connectivity index (χ1n) is 9.93. The molecule has 176 valence electrons. The van der Waals surface area contributed by atoms with E-state index in [0.717, 1.165) is 22.0 Å². The molecule has 7 nitrogen and oxygen atoms in total. The summed E-state index contributed by atoms with van der Waals surface area (Å²) in [5.74, 6) is 0.0537. The van der Waals surface area contributed by atoms with Crippen molar-refractivity contribution in [1.29, 1.82) is 0 Å². The first-order valence-corrected chi connectivity index (χ1v) is 11.5. The summed E-state index contributed by atoms with van der Waals surface area (Å²) in [5, 5.41) is 5.28. The normalized spacial score (nSPS) is 12.4. The third-order valence-electron chi connectivity index (χ3n) is 4.73. The number of aryl methyl sites for hydroxylation is 1. The molecule has 1 N–H and O–H groups in total. The summed E-state index contributed by atoms with van der Waals surface area (Å²) in [6, 6.07) is 16.8. The topological polar surface area (TPSA) is 83.9 Å². The number of fused-ring (bicyclic) bond motifs is 1. The van der Waals surface area contributed by atoms with Crippen LogP contribution >= 0.6 is 0 Å². The molecule has 1 aromatic heterocycles. The highest BCUT2D eigenvalue weighted by Crippen LogP contribution is 2.20. The second-order valence-corrected chi connectivity index (χ2v) is 9.12. The predicted molar refractivity (Wildman–Crippen MR) is 123 cm³/mol. The Morgan fingerprint density at radius 3 is 2.55 bits per heavy atom. The van der Waals surface area contributed by atoms with Crippen LogP contribution in [-0.2, 0) is 14.3 Å². The van der Waals surface area contributed by atoms with Gasteiger partial charge in [-0.3, -0.25) is 9.61 Å². The molecule has 1 heterocycles. The minimum absolute atomic E-state index is 0.0256. The molecule has 0 atom stereocenters. The number of halogens is 3. The van der Waals surface area contributed by atoms with Gasteiger partial charge in [0.25, 0.3) is 10.1 Å². The Morgan fingerprint density at radius 1 is 1.15 bits per heavy atom. The van der Waals surface area contributed by atoms with Crippen LogP contribution in [0.4, 0.5) is 24.7 Å². The van der Waals surface area contributed by atoms with E-state index in [0.29, 0.717) is 11.5 Å². The smallest absolute Gasteiger partial charge is 0.373 e. The standard InChI is InChI=1S/C22H23F3N4O3S/c1-16-13-21(27-20-6-4-3-5-19(16)20)28-26-14-17-7-9-18(10-8-17)29(2)11-12-33(30,31)32-15-22(23,24)25/h3-10,13-14H,11-12,15H2,1-2H3,(H,27,28)/b26-14-. The number of hydrogen-bond acceptors (Lipinski definition) is 7. The molecule has 2 aromatic carbocycles. The van der Waals surface area contributed by atoms with Crippen LogP contribution < -0.4 is 10.3 Å². The van der Waals surface area contributed by atoms with Gasteiger partial charge in [-0.25, -0.2) is 4.98 Å². The molecule has 0 fully saturated rings. The number of nitrogens with one attached hydrogen (secondary N) is 1. The van der Waals surface area contributed by atoms with Gasteiger partial charge >= 0.3 is 6.18 Å². The maximum Gasteiger partial charge on any atom is 0.413 e. The summed E-state index contributed by atoms with van der Waals surface area (Å²) < 4.78 is 63.6. The van der Waals surface area contributed by atoms with Crippen molar-refractivity contribution in [2.75, 3.05) is 36.3 Å². The van der Waals surface area contributed by atoms with E-state index in [2.05, 4.69) is 19.7 Å². The van der Waals surface area contributed by atoms with Gasteiger partial charge in [0.2, 0.25) is 0 Å². The molecule has 3 aromatic rings. The van der Waals surface area contributed by atoms with E-state index in [4.69, 9.17) is 0 Å². The van der Waals surface area contributed by atoms with Gasteiger partial charge in [0.15, 0.2) is 6.61 Å². The summed E-state index contributed by atoms with van der Waals surface area (Å²) in [6.07, 6.45) is -3.08. The molecular weight excluding hydrogens is 457 g/mol. The minimum atomic E-state index is -4.70. The zero-order valence-corrected chi connectivity index (χ0v) is 18.8. The molecule has 0 aliphatic heterocycles. The molecule has 3 rings (SSSR count). The summed E-state index contributed by atoms with van der Waals surface area (Å²) in [6.45, 7) is 0.152. The fraction of sp³-hybridized carbons (Fsp3) is 0.273. The average Bonchev–Trinajstić information content (AvgIpc) is 2.76.